The van der Waals surface area contributed by atoms with Gasteiger partial charge in [0, 0.05) is 17.6 Å². The maximum Gasteiger partial charge on any atom is 0.145 e. The molecule has 0 radical (unpaired) electrons. The van der Waals surface area contributed by atoms with E-state index in [1.54, 1.807) is 12.3 Å². The molecule has 0 fully saturated rings. The van der Waals surface area contributed by atoms with E-state index in [0.29, 0.717) is 12.4 Å². The molecule has 15 heavy (non-hydrogen) atoms. The van der Waals surface area contributed by atoms with Crippen LogP contribution >= 0.6 is 22.9 Å². The third-order valence-corrected chi connectivity index (χ3v) is 2.80. The minimum atomic E-state index is -0.478. The molecule has 1 heterocycles. The van der Waals surface area contributed by atoms with E-state index < -0.39 is 5.82 Å². The Bertz CT molecular complexity index is 447. The first-order valence-corrected chi connectivity index (χ1v) is 5.47. The summed E-state index contributed by atoms with van der Waals surface area (Å²) in [5.74, 6) is -0.0274. The van der Waals surface area contributed by atoms with Crippen molar-refractivity contribution in [1.29, 1.82) is 0 Å². The molecule has 2 nitrogen and oxygen atoms in total. The molecule has 5 heteroatoms. The summed E-state index contributed by atoms with van der Waals surface area (Å²) in [5, 5.41) is 2.81. The van der Waals surface area contributed by atoms with Crippen molar-refractivity contribution in [2.24, 2.45) is 0 Å². The van der Waals surface area contributed by atoms with E-state index in [-0.39, 0.29) is 5.02 Å². The lowest BCUT2D eigenvalue weighted by Gasteiger charge is -2.04. The van der Waals surface area contributed by atoms with Gasteiger partial charge in [0.05, 0.1) is 5.02 Å². The van der Waals surface area contributed by atoms with Gasteiger partial charge in [0.2, 0.25) is 0 Å². The van der Waals surface area contributed by atoms with Gasteiger partial charge in [0.15, 0.2) is 0 Å². The van der Waals surface area contributed by atoms with Crippen molar-refractivity contribution in [1.82, 2.24) is 4.98 Å². The number of hydrogen-bond acceptors (Lipinski definition) is 3. The van der Waals surface area contributed by atoms with Crippen LogP contribution in [0.5, 0.6) is 5.75 Å². The van der Waals surface area contributed by atoms with E-state index in [0.717, 1.165) is 5.01 Å². The minimum Gasteiger partial charge on any atom is -0.486 e. The van der Waals surface area contributed by atoms with Gasteiger partial charge in [-0.15, -0.1) is 11.3 Å². The molecule has 0 unspecified atom stereocenters. The lowest BCUT2D eigenvalue weighted by atomic mass is 10.3. The third kappa shape index (κ3) is 2.67. The van der Waals surface area contributed by atoms with Crippen LogP contribution in [0.15, 0.2) is 29.8 Å². The first-order valence-electron chi connectivity index (χ1n) is 4.22. The summed E-state index contributed by atoms with van der Waals surface area (Å²) in [7, 11) is 0. The number of ether oxygens (including phenoxy) is 1. The molecule has 1 aromatic heterocycles. The molecule has 2 aromatic rings. The molecule has 0 spiro atoms. The normalized spacial score (nSPS) is 10.3. The lowest BCUT2D eigenvalue weighted by molar-refractivity contribution is 0.304. The lowest BCUT2D eigenvalue weighted by Crippen LogP contribution is -1.94. The van der Waals surface area contributed by atoms with Crippen LogP contribution in [-0.4, -0.2) is 4.98 Å². The van der Waals surface area contributed by atoms with Gasteiger partial charge in [0.25, 0.3) is 0 Å². The Kier molecular flexibility index (Phi) is 3.18. The first-order chi connectivity index (χ1) is 7.25. The number of nitrogens with zero attached hydrogens (tertiary/aromatic N) is 1. The standard InChI is InChI=1S/C10H7ClFNOS/c11-8-2-1-7(5-9(8)12)14-6-10-13-3-4-15-10/h1-5H,6H2. The molecule has 0 aliphatic rings. The van der Waals surface area contributed by atoms with Gasteiger partial charge in [-0.3, -0.25) is 0 Å². The van der Waals surface area contributed by atoms with Crippen LogP contribution < -0.4 is 4.74 Å². The van der Waals surface area contributed by atoms with Crippen molar-refractivity contribution in [3.05, 3.63) is 45.6 Å². The average Bonchev–Trinajstić information content (AvgIpc) is 2.73. The van der Waals surface area contributed by atoms with Crippen molar-refractivity contribution >= 4 is 22.9 Å². The Morgan fingerprint density at radius 2 is 2.33 bits per heavy atom. The number of benzene rings is 1. The van der Waals surface area contributed by atoms with E-state index in [9.17, 15) is 4.39 Å². The fourth-order valence-corrected chi connectivity index (χ4v) is 1.68. The molecule has 1 aromatic carbocycles. The number of aromatic nitrogens is 1. The van der Waals surface area contributed by atoms with E-state index in [1.165, 1.54) is 23.5 Å². The molecule has 0 amide bonds. The average molecular weight is 244 g/mol. The van der Waals surface area contributed by atoms with Crippen LogP contribution in [0, 0.1) is 5.82 Å². The highest BCUT2D eigenvalue weighted by Crippen LogP contribution is 2.21. The summed E-state index contributed by atoms with van der Waals surface area (Å²) in [4.78, 5) is 4.04. The van der Waals surface area contributed by atoms with E-state index in [4.69, 9.17) is 16.3 Å². The smallest absolute Gasteiger partial charge is 0.145 e. The molecular weight excluding hydrogens is 237 g/mol. The zero-order valence-corrected chi connectivity index (χ0v) is 9.19. The largest absolute Gasteiger partial charge is 0.486 e. The van der Waals surface area contributed by atoms with E-state index >= 15 is 0 Å². The molecule has 0 saturated carbocycles. The highest BCUT2D eigenvalue weighted by molar-refractivity contribution is 7.09. The van der Waals surface area contributed by atoms with Crippen molar-refractivity contribution in [3.63, 3.8) is 0 Å². The Labute approximate surface area is 95.3 Å². The maximum absolute atomic E-state index is 13.0. The Morgan fingerprint density at radius 3 is 3.00 bits per heavy atom. The van der Waals surface area contributed by atoms with Crippen LogP contribution in [0.3, 0.4) is 0 Å². The van der Waals surface area contributed by atoms with Gasteiger partial charge in [-0.2, -0.15) is 0 Å². The Hall–Kier alpha value is -1.13. The molecule has 2 rings (SSSR count). The van der Waals surface area contributed by atoms with Crippen LogP contribution in [0.1, 0.15) is 5.01 Å². The van der Waals surface area contributed by atoms with Crippen LogP contribution in [0.4, 0.5) is 4.39 Å². The van der Waals surface area contributed by atoms with Gasteiger partial charge < -0.3 is 4.74 Å². The second-order valence-corrected chi connectivity index (χ2v) is 4.18. The molecule has 0 aliphatic heterocycles. The van der Waals surface area contributed by atoms with Gasteiger partial charge >= 0.3 is 0 Å². The molecule has 78 valence electrons. The van der Waals surface area contributed by atoms with Gasteiger partial charge in [-0.1, -0.05) is 11.6 Å². The summed E-state index contributed by atoms with van der Waals surface area (Å²) < 4.78 is 18.4. The van der Waals surface area contributed by atoms with Crippen LogP contribution in [0.25, 0.3) is 0 Å². The first kappa shape index (κ1) is 10.4. The highest BCUT2D eigenvalue weighted by atomic mass is 35.5. The Balaban J connectivity index is 2.02. The fraction of sp³-hybridized carbons (Fsp3) is 0.100. The fourth-order valence-electron chi connectivity index (χ4n) is 1.04. The third-order valence-electron chi connectivity index (χ3n) is 1.74. The molecule has 0 N–H and O–H groups in total. The van der Waals surface area contributed by atoms with Crippen molar-refractivity contribution < 1.29 is 9.13 Å². The van der Waals surface area contributed by atoms with Gasteiger partial charge in [-0.25, -0.2) is 9.37 Å². The maximum atomic E-state index is 13.0. The molecule has 0 atom stereocenters. The second kappa shape index (κ2) is 4.59. The Morgan fingerprint density at radius 1 is 1.47 bits per heavy atom. The predicted molar refractivity (Wildman–Crippen MR) is 57.9 cm³/mol. The van der Waals surface area contributed by atoms with Crippen LogP contribution in [0.2, 0.25) is 5.02 Å². The second-order valence-electron chi connectivity index (χ2n) is 2.79. The quantitative estimate of drug-likeness (QED) is 0.823. The topological polar surface area (TPSA) is 22.1 Å². The summed E-state index contributed by atoms with van der Waals surface area (Å²) in [6.07, 6.45) is 1.70. The summed E-state index contributed by atoms with van der Waals surface area (Å²) in [5.41, 5.74) is 0. The summed E-state index contributed by atoms with van der Waals surface area (Å²) in [6.45, 7) is 0.346. The minimum absolute atomic E-state index is 0.0941. The predicted octanol–water partition coefficient (Wildman–Crippen LogP) is 3.51. The zero-order chi connectivity index (χ0) is 10.7. The number of thiazole rings is 1. The monoisotopic (exact) mass is 243 g/mol. The van der Waals surface area contributed by atoms with Crippen LogP contribution in [-0.2, 0) is 6.61 Å². The van der Waals surface area contributed by atoms with Gasteiger partial charge in [0.1, 0.15) is 23.2 Å². The van der Waals surface area contributed by atoms with E-state index in [2.05, 4.69) is 4.98 Å². The van der Waals surface area contributed by atoms with Crippen molar-refractivity contribution in [2.75, 3.05) is 0 Å². The zero-order valence-electron chi connectivity index (χ0n) is 7.61. The number of hydrogen-bond donors (Lipinski definition) is 0. The SMILES string of the molecule is Fc1cc(OCc2nccs2)ccc1Cl. The van der Waals surface area contributed by atoms with Crippen molar-refractivity contribution in [2.45, 2.75) is 6.61 Å². The summed E-state index contributed by atoms with van der Waals surface area (Å²) >= 11 is 7.03. The van der Waals surface area contributed by atoms with Crippen molar-refractivity contribution in [3.8, 4) is 5.75 Å². The summed E-state index contributed by atoms with van der Waals surface area (Å²) in [6, 6.07) is 4.35. The molecule has 0 bridgehead atoms. The molecule has 0 aliphatic carbocycles. The highest BCUT2D eigenvalue weighted by Gasteiger charge is 2.02. The molecule has 0 saturated heterocycles. The molecular formula is C10H7ClFNOS. The van der Waals surface area contributed by atoms with E-state index in [1.807, 2.05) is 5.38 Å². The number of halogens is 2. The van der Waals surface area contributed by atoms with Gasteiger partial charge in [-0.05, 0) is 12.1 Å². The number of rotatable bonds is 3.